The minimum absolute atomic E-state index is 0.0982. The van der Waals surface area contributed by atoms with Crippen LogP contribution in [-0.4, -0.2) is 36.2 Å². The molecular weight excluding hydrogens is 520 g/mol. The molecule has 2 aromatic carbocycles. The molecule has 1 atom stereocenters. The number of rotatable bonds is 11. The standard InChI is InChI=1S/C21H25INO6P/c1-3-28-30(27,29-4-2)14-15-8-10-17(11-9-15)20(24)23-19(21(25)26)13-16-6-5-7-18(22)12-16/h5-12,19H,3-4,13-14H2,1-2H3,(H,23,24)(H,25,26)/t19-/m1/s1. The number of nitrogens with one attached hydrogen (secondary N) is 1. The molecular formula is C21H25INO6P. The van der Waals surface area contributed by atoms with Crippen LogP contribution in [0.25, 0.3) is 0 Å². The van der Waals surface area contributed by atoms with Crippen molar-refractivity contribution in [1.29, 1.82) is 0 Å². The maximum atomic E-state index is 12.6. The summed E-state index contributed by atoms with van der Waals surface area (Å²) in [4.78, 5) is 24.2. The Morgan fingerprint density at radius 1 is 1.07 bits per heavy atom. The molecule has 0 fully saturated rings. The van der Waals surface area contributed by atoms with Crippen molar-refractivity contribution in [2.45, 2.75) is 32.5 Å². The molecule has 0 spiro atoms. The fourth-order valence-electron chi connectivity index (χ4n) is 2.85. The Hall–Kier alpha value is -1.74. The quantitative estimate of drug-likeness (QED) is 0.319. The molecule has 0 aliphatic carbocycles. The molecule has 0 aromatic heterocycles. The molecule has 0 heterocycles. The van der Waals surface area contributed by atoms with E-state index in [0.29, 0.717) is 11.1 Å². The van der Waals surface area contributed by atoms with Gasteiger partial charge >= 0.3 is 13.6 Å². The van der Waals surface area contributed by atoms with Gasteiger partial charge in [0.1, 0.15) is 6.04 Å². The van der Waals surface area contributed by atoms with Gasteiger partial charge < -0.3 is 19.5 Å². The van der Waals surface area contributed by atoms with Gasteiger partial charge in [0.05, 0.1) is 19.4 Å². The number of carbonyl (C=O) groups excluding carboxylic acids is 1. The van der Waals surface area contributed by atoms with Gasteiger partial charge in [0.25, 0.3) is 5.91 Å². The van der Waals surface area contributed by atoms with E-state index >= 15 is 0 Å². The predicted molar refractivity (Wildman–Crippen MR) is 123 cm³/mol. The number of benzene rings is 2. The Kier molecular flexibility index (Phi) is 9.48. The number of carboxylic acid groups (broad SMARTS) is 1. The van der Waals surface area contributed by atoms with E-state index < -0.39 is 25.5 Å². The first-order chi connectivity index (χ1) is 14.3. The van der Waals surface area contributed by atoms with Crippen LogP contribution in [0.4, 0.5) is 0 Å². The Labute approximate surface area is 189 Å². The predicted octanol–water partition coefficient (Wildman–Crippen LogP) is 4.48. The summed E-state index contributed by atoms with van der Waals surface area (Å²) in [6, 6.07) is 12.9. The van der Waals surface area contributed by atoms with Crippen molar-refractivity contribution in [2.75, 3.05) is 13.2 Å². The number of amides is 1. The Balaban J connectivity index is 2.06. The lowest BCUT2D eigenvalue weighted by Gasteiger charge is -2.17. The largest absolute Gasteiger partial charge is 0.480 e. The van der Waals surface area contributed by atoms with Gasteiger partial charge in [0.2, 0.25) is 0 Å². The third kappa shape index (κ3) is 7.50. The molecule has 0 unspecified atom stereocenters. The Morgan fingerprint density at radius 3 is 2.23 bits per heavy atom. The first-order valence-electron chi connectivity index (χ1n) is 9.51. The molecule has 0 radical (unpaired) electrons. The lowest BCUT2D eigenvalue weighted by atomic mass is 10.1. The molecule has 0 saturated heterocycles. The summed E-state index contributed by atoms with van der Waals surface area (Å²) in [7, 11) is -3.24. The van der Waals surface area contributed by atoms with Gasteiger partial charge in [0.15, 0.2) is 0 Å². The topological polar surface area (TPSA) is 102 Å². The highest BCUT2D eigenvalue weighted by atomic mass is 127. The van der Waals surface area contributed by atoms with Crippen LogP contribution >= 0.6 is 30.2 Å². The fourth-order valence-corrected chi connectivity index (χ4v) is 5.16. The van der Waals surface area contributed by atoms with Crippen LogP contribution in [0.3, 0.4) is 0 Å². The molecule has 30 heavy (non-hydrogen) atoms. The summed E-state index contributed by atoms with van der Waals surface area (Å²) in [5, 5.41) is 12.1. The van der Waals surface area contributed by atoms with Crippen LogP contribution in [0.2, 0.25) is 0 Å². The summed E-state index contributed by atoms with van der Waals surface area (Å²) in [6.07, 6.45) is 0.281. The number of hydrogen-bond donors (Lipinski definition) is 2. The van der Waals surface area contributed by atoms with Crippen molar-refractivity contribution in [3.63, 3.8) is 0 Å². The average molecular weight is 545 g/mol. The normalized spacial score (nSPS) is 12.4. The van der Waals surface area contributed by atoms with Crippen molar-refractivity contribution in [1.82, 2.24) is 5.32 Å². The second-order valence-corrected chi connectivity index (χ2v) is 9.80. The number of halogens is 1. The van der Waals surface area contributed by atoms with E-state index in [0.717, 1.165) is 9.13 Å². The summed E-state index contributed by atoms with van der Waals surface area (Å²) < 4.78 is 24.2. The lowest BCUT2D eigenvalue weighted by molar-refractivity contribution is -0.139. The molecule has 0 saturated carbocycles. The highest BCUT2D eigenvalue weighted by Crippen LogP contribution is 2.51. The molecule has 7 nitrogen and oxygen atoms in total. The zero-order chi connectivity index (χ0) is 22.1. The van der Waals surface area contributed by atoms with Crippen molar-refractivity contribution in [3.8, 4) is 0 Å². The van der Waals surface area contributed by atoms with Crippen LogP contribution in [0, 0.1) is 3.57 Å². The van der Waals surface area contributed by atoms with E-state index in [1.54, 1.807) is 38.1 Å². The van der Waals surface area contributed by atoms with Crippen LogP contribution in [0.1, 0.15) is 35.3 Å². The van der Waals surface area contributed by atoms with Crippen LogP contribution in [0.5, 0.6) is 0 Å². The minimum Gasteiger partial charge on any atom is -0.480 e. The maximum Gasteiger partial charge on any atom is 0.335 e. The van der Waals surface area contributed by atoms with Crippen LogP contribution < -0.4 is 5.32 Å². The number of aliphatic carboxylic acids is 1. The van der Waals surface area contributed by atoms with E-state index in [1.165, 1.54) is 0 Å². The van der Waals surface area contributed by atoms with E-state index in [9.17, 15) is 19.3 Å². The summed E-state index contributed by atoms with van der Waals surface area (Å²) in [5.41, 5.74) is 1.84. The molecule has 162 valence electrons. The Morgan fingerprint density at radius 2 is 1.70 bits per heavy atom. The van der Waals surface area contributed by atoms with Crippen molar-refractivity contribution < 1.29 is 28.3 Å². The lowest BCUT2D eigenvalue weighted by Crippen LogP contribution is -2.42. The van der Waals surface area contributed by atoms with Gasteiger partial charge in [-0.1, -0.05) is 24.3 Å². The zero-order valence-electron chi connectivity index (χ0n) is 16.8. The highest BCUT2D eigenvalue weighted by molar-refractivity contribution is 14.1. The van der Waals surface area contributed by atoms with Crippen molar-refractivity contribution in [3.05, 3.63) is 68.8 Å². The summed E-state index contributed by atoms with van der Waals surface area (Å²) in [5.74, 6) is -1.59. The van der Waals surface area contributed by atoms with Gasteiger partial charge in [-0.05, 0) is 71.8 Å². The highest BCUT2D eigenvalue weighted by Gasteiger charge is 2.25. The second-order valence-electron chi connectivity index (χ2n) is 6.50. The van der Waals surface area contributed by atoms with E-state index in [1.807, 2.05) is 24.3 Å². The number of carbonyl (C=O) groups is 2. The molecule has 2 aromatic rings. The van der Waals surface area contributed by atoms with E-state index in [-0.39, 0.29) is 25.8 Å². The second kappa shape index (κ2) is 11.6. The molecule has 0 bridgehead atoms. The first-order valence-corrected chi connectivity index (χ1v) is 12.3. The van der Waals surface area contributed by atoms with Crippen molar-refractivity contribution in [2.24, 2.45) is 0 Å². The average Bonchev–Trinajstić information content (AvgIpc) is 2.68. The summed E-state index contributed by atoms with van der Waals surface area (Å²) >= 11 is 2.15. The third-order valence-electron chi connectivity index (χ3n) is 4.18. The van der Waals surface area contributed by atoms with E-state index in [2.05, 4.69) is 27.9 Å². The SMILES string of the molecule is CCOP(=O)(Cc1ccc(C(=O)N[C@H](Cc2cccc(I)c2)C(=O)O)cc1)OCC. The van der Waals surface area contributed by atoms with Gasteiger partial charge in [-0.25, -0.2) is 4.79 Å². The van der Waals surface area contributed by atoms with Gasteiger partial charge in [0, 0.05) is 15.6 Å². The van der Waals surface area contributed by atoms with E-state index in [4.69, 9.17) is 9.05 Å². The number of carboxylic acids is 1. The van der Waals surface area contributed by atoms with Gasteiger partial charge in [-0.3, -0.25) is 9.36 Å². The number of hydrogen-bond acceptors (Lipinski definition) is 5. The molecule has 2 rings (SSSR count). The maximum absolute atomic E-state index is 12.6. The van der Waals surface area contributed by atoms with Crippen LogP contribution in [-0.2, 0) is 31.0 Å². The molecule has 2 N–H and O–H groups in total. The fraction of sp³-hybridized carbons (Fsp3) is 0.333. The minimum atomic E-state index is -3.24. The molecule has 0 aliphatic heterocycles. The zero-order valence-corrected chi connectivity index (χ0v) is 19.9. The molecule has 1 amide bonds. The Bertz CT molecular complexity index is 908. The molecule has 9 heteroatoms. The van der Waals surface area contributed by atoms with Crippen molar-refractivity contribution >= 4 is 42.1 Å². The first kappa shape index (κ1) is 24.5. The third-order valence-corrected chi connectivity index (χ3v) is 6.90. The molecule has 0 aliphatic rings. The summed E-state index contributed by atoms with van der Waals surface area (Å²) in [6.45, 7) is 4.03. The van der Waals surface area contributed by atoms with Crippen LogP contribution in [0.15, 0.2) is 48.5 Å². The van der Waals surface area contributed by atoms with Gasteiger partial charge in [-0.15, -0.1) is 0 Å². The monoisotopic (exact) mass is 545 g/mol. The van der Waals surface area contributed by atoms with Gasteiger partial charge in [-0.2, -0.15) is 0 Å². The smallest absolute Gasteiger partial charge is 0.335 e.